The third-order valence-corrected chi connectivity index (χ3v) is 3.40. The lowest BCUT2D eigenvalue weighted by molar-refractivity contribution is 0.708. The fourth-order valence-corrected chi connectivity index (χ4v) is 2.27. The standard InChI is InChI=1S/C12H15N7O2/c1-17-9-8(10(20)18(2)12(17)21)15-11(16-9)19-6-5-14-7(19)3-4-13/h5-6H,3-4,13H2,1-2H3,(H,15,16). The van der Waals surface area contributed by atoms with Gasteiger partial charge in [0, 0.05) is 32.9 Å². The van der Waals surface area contributed by atoms with Gasteiger partial charge in [-0.25, -0.2) is 9.78 Å². The summed E-state index contributed by atoms with van der Waals surface area (Å²) in [7, 11) is 3.01. The molecule has 0 aliphatic carbocycles. The molecule has 0 saturated carbocycles. The largest absolute Gasteiger partial charge is 0.332 e. The highest BCUT2D eigenvalue weighted by Gasteiger charge is 2.15. The van der Waals surface area contributed by atoms with Crippen LogP contribution in [0.5, 0.6) is 0 Å². The number of aryl methyl sites for hydroxylation is 1. The van der Waals surface area contributed by atoms with E-state index < -0.39 is 11.2 Å². The second-order valence-electron chi connectivity index (χ2n) is 4.72. The summed E-state index contributed by atoms with van der Waals surface area (Å²) in [6.07, 6.45) is 3.95. The first-order chi connectivity index (χ1) is 10.0. The number of H-pyrrole nitrogens is 1. The highest BCUT2D eigenvalue weighted by Crippen LogP contribution is 2.11. The second kappa shape index (κ2) is 4.70. The molecule has 0 atom stereocenters. The highest BCUT2D eigenvalue weighted by atomic mass is 16.2. The summed E-state index contributed by atoms with van der Waals surface area (Å²) in [6, 6.07) is 0. The number of nitrogens with zero attached hydrogens (tertiary/aromatic N) is 5. The van der Waals surface area contributed by atoms with E-state index >= 15 is 0 Å². The number of aromatic nitrogens is 6. The van der Waals surface area contributed by atoms with Crippen molar-refractivity contribution in [3.8, 4) is 5.95 Å². The molecule has 3 aromatic heterocycles. The topological polar surface area (TPSA) is 117 Å². The zero-order chi connectivity index (χ0) is 15.1. The van der Waals surface area contributed by atoms with Crippen molar-refractivity contribution in [3.63, 3.8) is 0 Å². The third-order valence-electron chi connectivity index (χ3n) is 3.40. The van der Waals surface area contributed by atoms with Gasteiger partial charge in [-0.05, 0) is 6.54 Å². The second-order valence-corrected chi connectivity index (χ2v) is 4.72. The summed E-state index contributed by atoms with van der Waals surface area (Å²) in [5.41, 5.74) is 5.31. The van der Waals surface area contributed by atoms with Crippen LogP contribution in [0.15, 0.2) is 22.0 Å². The number of aromatic amines is 1. The Morgan fingerprint density at radius 2 is 2.05 bits per heavy atom. The lowest BCUT2D eigenvalue weighted by Crippen LogP contribution is -2.36. The van der Waals surface area contributed by atoms with Gasteiger partial charge in [0.25, 0.3) is 5.56 Å². The molecular weight excluding hydrogens is 274 g/mol. The van der Waals surface area contributed by atoms with Crippen LogP contribution in [0.2, 0.25) is 0 Å². The summed E-state index contributed by atoms with van der Waals surface area (Å²) in [6.45, 7) is 0.456. The van der Waals surface area contributed by atoms with E-state index in [0.29, 0.717) is 24.6 Å². The molecule has 0 fully saturated rings. The van der Waals surface area contributed by atoms with E-state index in [1.165, 1.54) is 11.6 Å². The molecule has 0 unspecified atom stereocenters. The van der Waals surface area contributed by atoms with Crippen LogP contribution in [-0.2, 0) is 20.5 Å². The molecule has 3 aromatic rings. The number of fused-ring (bicyclic) bond motifs is 1. The predicted octanol–water partition coefficient (Wildman–Crippen LogP) is -1.35. The van der Waals surface area contributed by atoms with E-state index in [9.17, 15) is 9.59 Å². The van der Waals surface area contributed by atoms with Crippen molar-refractivity contribution in [2.45, 2.75) is 6.42 Å². The van der Waals surface area contributed by atoms with Crippen molar-refractivity contribution in [2.75, 3.05) is 6.54 Å². The number of hydrogen-bond donors (Lipinski definition) is 2. The molecule has 110 valence electrons. The molecule has 0 aliphatic heterocycles. The van der Waals surface area contributed by atoms with E-state index in [-0.39, 0.29) is 5.52 Å². The smallest absolute Gasteiger partial charge is 0.330 e. The van der Waals surface area contributed by atoms with E-state index in [4.69, 9.17) is 5.73 Å². The van der Waals surface area contributed by atoms with Crippen molar-refractivity contribution in [1.82, 2.24) is 28.7 Å². The molecule has 0 spiro atoms. The van der Waals surface area contributed by atoms with Gasteiger partial charge in [0.2, 0.25) is 5.95 Å². The minimum Gasteiger partial charge on any atom is -0.330 e. The number of nitrogens with two attached hydrogens (primary N) is 1. The van der Waals surface area contributed by atoms with E-state index in [2.05, 4.69) is 15.0 Å². The van der Waals surface area contributed by atoms with Gasteiger partial charge in [0.15, 0.2) is 11.2 Å². The van der Waals surface area contributed by atoms with Crippen LogP contribution in [0, 0.1) is 0 Å². The monoisotopic (exact) mass is 289 g/mol. The van der Waals surface area contributed by atoms with Crippen LogP contribution >= 0.6 is 0 Å². The van der Waals surface area contributed by atoms with Crippen LogP contribution in [0.25, 0.3) is 17.1 Å². The van der Waals surface area contributed by atoms with E-state index in [1.807, 2.05) is 0 Å². The summed E-state index contributed by atoms with van der Waals surface area (Å²) in [5.74, 6) is 1.17. The molecule has 0 aliphatic rings. The van der Waals surface area contributed by atoms with Crippen molar-refractivity contribution >= 4 is 11.2 Å². The Kier molecular flexibility index (Phi) is 2.98. The van der Waals surface area contributed by atoms with Crippen molar-refractivity contribution < 1.29 is 0 Å². The maximum Gasteiger partial charge on any atom is 0.332 e. The fourth-order valence-electron chi connectivity index (χ4n) is 2.27. The molecule has 21 heavy (non-hydrogen) atoms. The van der Waals surface area contributed by atoms with Gasteiger partial charge < -0.3 is 10.7 Å². The Balaban J connectivity index is 2.29. The van der Waals surface area contributed by atoms with Gasteiger partial charge >= 0.3 is 5.69 Å². The molecule has 3 N–H and O–H groups in total. The predicted molar refractivity (Wildman–Crippen MR) is 76.5 cm³/mol. The SMILES string of the molecule is Cn1c(=O)c2[nH]c(-n3ccnc3CCN)nc2n(C)c1=O. The third kappa shape index (κ3) is 1.89. The quantitative estimate of drug-likeness (QED) is 0.618. The molecule has 0 saturated heterocycles. The first-order valence-corrected chi connectivity index (χ1v) is 6.43. The van der Waals surface area contributed by atoms with Crippen LogP contribution in [0.4, 0.5) is 0 Å². The first-order valence-electron chi connectivity index (χ1n) is 6.43. The van der Waals surface area contributed by atoms with Gasteiger partial charge in [-0.15, -0.1) is 0 Å². The Hall–Kier alpha value is -2.68. The lowest BCUT2D eigenvalue weighted by atomic mass is 10.4. The zero-order valence-corrected chi connectivity index (χ0v) is 11.7. The fraction of sp³-hybridized carbons (Fsp3) is 0.333. The minimum absolute atomic E-state index is 0.280. The Bertz CT molecular complexity index is 927. The molecule has 9 nitrogen and oxygen atoms in total. The lowest BCUT2D eigenvalue weighted by Gasteiger charge is -2.01. The van der Waals surface area contributed by atoms with Crippen LogP contribution < -0.4 is 17.0 Å². The van der Waals surface area contributed by atoms with E-state index in [1.54, 1.807) is 24.0 Å². The minimum atomic E-state index is -0.418. The van der Waals surface area contributed by atoms with Crippen LogP contribution in [0.1, 0.15) is 5.82 Å². The number of hydrogen-bond acceptors (Lipinski definition) is 5. The maximum atomic E-state index is 12.1. The Morgan fingerprint density at radius 1 is 1.29 bits per heavy atom. The van der Waals surface area contributed by atoms with Gasteiger partial charge in [-0.1, -0.05) is 0 Å². The molecule has 0 aromatic carbocycles. The molecule has 9 heteroatoms. The molecular formula is C12H15N7O2. The zero-order valence-electron chi connectivity index (χ0n) is 11.7. The summed E-state index contributed by atoms with van der Waals surface area (Å²) in [4.78, 5) is 35.5. The molecule has 0 radical (unpaired) electrons. The van der Waals surface area contributed by atoms with Crippen molar-refractivity contribution in [2.24, 2.45) is 19.8 Å². The van der Waals surface area contributed by atoms with Crippen molar-refractivity contribution in [3.05, 3.63) is 39.1 Å². The summed E-state index contributed by atoms with van der Waals surface area (Å²) in [5, 5.41) is 0. The summed E-state index contributed by atoms with van der Waals surface area (Å²) >= 11 is 0. The Labute approximate surface area is 118 Å². The van der Waals surface area contributed by atoms with Gasteiger partial charge in [-0.2, -0.15) is 4.98 Å². The molecule has 0 bridgehead atoms. The van der Waals surface area contributed by atoms with E-state index in [0.717, 1.165) is 10.4 Å². The van der Waals surface area contributed by atoms with Crippen molar-refractivity contribution in [1.29, 1.82) is 0 Å². The Morgan fingerprint density at radius 3 is 2.76 bits per heavy atom. The molecule has 0 amide bonds. The van der Waals surface area contributed by atoms with Crippen LogP contribution in [0.3, 0.4) is 0 Å². The highest BCUT2D eigenvalue weighted by molar-refractivity contribution is 5.71. The molecule has 3 rings (SSSR count). The summed E-state index contributed by atoms with van der Waals surface area (Å²) < 4.78 is 4.09. The average Bonchev–Trinajstić information content (AvgIpc) is 3.09. The van der Waals surface area contributed by atoms with Gasteiger partial charge in [0.1, 0.15) is 5.82 Å². The number of imidazole rings is 2. The number of rotatable bonds is 3. The maximum absolute atomic E-state index is 12.1. The average molecular weight is 289 g/mol. The van der Waals surface area contributed by atoms with Gasteiger partial charge in [0.05, 0.1) is 0 Å². The van der Waals surface area contributed by atoms with Gasteiger partial charge in [-0.3, -0.25) is 18.5 Å². The molecule has 3 heterocycles. The normalized spacial score (nSPS) is 11.4. The number of nitrogens with one attached hydrogen (secondary N) is 1. The first kappa shape index (κ1) is 13.3. The van der Waals surface area contributed by atoms with Crippen LogP contribution in [-0.4, -0.2) is 35.2 Å².